The van der Waals surface area contributed by atoms with Gasteiger partial charge in [0, 0.05) is 26.2 Å². The molecule has 0 fully saturated rings. The Balaban J connectivity index is 3.95. The summed E-state index contributed by atoms with van der Waals surface area (Å²) >= 11 is 0. The van der Waals surface area contributed by atoms with E-state index in [-0.39, 0.29) is 6.04 Å². The monoisotopic (exact) mass is 226 g/mol. The van der Waals surface area contributed by atoms with E-state index in [4.69, 9.17) is 11.0 Å². The first-order chi connectivity index (χ1) is 7.45. The second kappa shape index (κ2) is 8.51. The number of rotatable bonds is 8. The van der Waals surface area contributed by atoms with Gasteiger partial charge in [0.1, 0.15) is 0 Å². The van der Waals surface area contributed by atoms with E-state index in [0.717, 1.165) is 32.6 Å². The van der Waals surface area contributed by atoms with Gasteiger partial charge in [0.15, 0.2) is 0 Å². The van der Waals surface area contributed by atoms with Crippen molar-refractivity contribution in [3.8, 4) is 6.07 Å². The summed E-state index contributed by atoms with van der Waals surface area (Å²) in [7, 11) is 4.16. The quantitative estimate of drug-likeness (QED) is 0.663. The first-order valence-corrected chi connectivity index (χ1v) is 5.98. The van der Waals surface area contributed by atoms with Crippen LogP contribution in [0.25, 0.3) is 0 Å². The third-order valence-electron chi connectivity index (χ3n) is 2.41. The van der Waals surface area contributed by atoms with Crippen molar-refractivity contribution in [3.63, 3.8) is 0 Å². The highest BCUT2D eigenvalue weighted by atomic mass is 15.2. The van der Waals surface area contributed by atoms with E-state index >= 15 is 0 Å². The van der Waals surface area contributed by atoms with E-state index in [1.807, 2.05) is 0 Å². The lowest BCUT2D eigenvalue weighted by molar-refractivity contribution is 0.215. The van der Waals surface area contributed by atoms with Gasteiger partial charge in [0.25, 0.3) is 0 Å². The molecule has 4 nitrogen and oxygen atoms in total. The van der Waals surface area contributed by atoms with Gasteiger partial charge in [-0.15, -0.1) is 0 Å². The molecule has 0 spiro atoms. The Bertz CT molecular complexity index is 208. The number of hydrogen-bond donors (Lipinski definition) is 1. The van der Waals surface area contributed by atoms with Crippen LogP contribution in [0.2, 0.25) is 0 Å². The van der Waals surface area contributed by atoms with E-state index in [1.54, 1.807) is 0 Å². The molecule has 0 radical (unpaired) electrons. The maximum atomic E-state index is 8.65. The third-order valence-corrected chi connectivity index (χ3v) is 2.41. The van der Waals surface area contributed by atoms with Crippen LogP contribution in [-0.2, 0) is 0 Å². The zero-order valence-corrected chi connectivity index (χ0v) is 11.1. The van der Waals surface area contributed by atoms with E-state index < -0.39 is 0 Å². The molecular weight excluding hydrogens is 200 g/mol. The van der Waals surface area contributed by atoms with Crippen LogP contribution in [0.15, 0.2) is 0 Å². The van der Waals surface area contributed by atoms with Crippen LogP contribution < -0.4 is 5.73 Å². The molecule has 0 aliphatic carbocycles. The molecule has 4 heteroatoms. The Hall–Kier alpha value is -0.630. The predicted molar refractivity (Wildman–Crippen MR) is 68.0 cm³/mol. The van der Waals surface area contributed by atoms with Gasteiger partial charge in [-0.3, -0.25) is 0 Å². The lowest BCUT2D eigenvalue weighted by atomic mass is 10.2. The summed E-state index contributed by atoms with van der Waals surface area (Å²) in [6, 6.07) is 1.75. The number of hydrogen-bond acceptors (Lipinski definition) is 4. The minimum absolute atomic E-state index is 0.325. The number of nitriles is 1. The van der Waals surface area contributed by atoms with Crippen molar-refractivity contribution in [1.29, 1.82) is 5.26 Å². The Kier molecular flexibility index (Phi) is 8.18. The van der Waals surface area contributed by atoms with Gasteiger partial charge >= 0.3 is 0 Å². The van der Waals surface area contributed by atoms with Crippen molar-refractivity contribution in [1.82, 2.24) is 9.80 Å². The fourth-order valence-electron chi connectivity index (χ4n) is 1.54. The lowest BCUT2D eigenvalue weighted by Gasteiger charge is -2.26. The van der Waals surface area contributed by atoms with Gasteiger partial charge in [-0.1, -0.05) is 13.8 Å². The lowest BCUT2D eigenvalue weighted by Crippen LogP contribution is -2.37. The van der Waals surface area contributed by atoms with Crippen LogP contribution in [-0.4, -0.2) is 56.1 Å². The zero-order chi connectivity index (χ0) is 12.6. The van der Waals surface area contributed by atoms with Gasteiger partial charge in [-0.2, -0.15) is 5.26 Å². The molecule has 0 aromatic rings. The van der Waals surface area contributed by atoms with Crippen LogP contribution in [0, 0.1) is 17.2 Å². The summed E-state index contributed by atoms with van der Waals surface area (Å²) in [5.74, 6) is 0.653. The molecule has 1 unspecified atom stereocenters. The zero-order valence-electron chi connectivity index (χ0n) is 11.1. The molecule has 0 aliphatic rings. The second-order valence-corrected chi connectivity index (χ2v) is 5.02. The van der Waals surface area contributed by atoms with Crippen molar-refractivity contribution < 1.29 is 0 Å². The summed E-state index contributed by atoms with van der Waals surface area (Å²) in [6.45, 7) is 8.52. The average molecular weight is 226 g/mol. The van der Waals surface area contributed by atoms with Gasteiger partial charge in [0.05, 0.1) is 12.1 Å². The largest absolute Gasteiger partial charge is 0.316 e. The van der Waals surface area contributed by atoms with E-state index in [9.17, 15) is 0 Å². The fourth-order valence-corrected chi connectivity index (χ4v) is 1.54. The van der Waals surface area contributed by atoms with Gasteiger partial charge < -0.3 is 15.5 Å². The normalized spacial score (nSPS) is 13.4. The molecule has 94 valence electrons. The SMILES string of the molecule is CC(C)CN(CCC(N)C#N)CCN(C)C. The summed E-state index contributed by atoms with van der Waals surface area (Å²) in [5.41, 5.74) is 5.61. The number of nitrogens with zero attached hydrogens (tertiary/aromatic N) is 3. The topological polar surface area (TPSA) is 56.3 Å². The van der Waals surface area contributed by atoms with Crippen molar-refractivity contribution in [2.24, 2.45) is 11.7 Å². The molecule has 1 atom stereocenters. The van der Waals surface area contributed by atoms with Gasteiger partial charge in [-0.25, -0.2) is 0 Å². The molecule has 16 heavy (non-hydrogen) atoms. The van der Waals surface area contributed by atoms with Gasteiger partial charge in [0.2, 0.25) is 0 Å². The summed E-state index contributed by atoms with van der Waals surface area (Å²) < 4.78 is 0. The summed E-state index contributed by atoms with van der Waals surface area (Å²) in [5, 5.41) is 8.65. The van der Waals surface area contributed by atoms with Crippen LogP contribution in [0.5, 0.6) is 0 Å². The van der Waals surface area contributed by atoms with E-state index in [2.05, 4.69) is 43.8 Å². The maximum absolute atomic E-state index is 8.65. The highest BCUT2D eigenvalue weighted by molar-refractivity contribution is 4.86. The molecule has 0 saturated heterocycles. The minimum Gasteiger partial charge on any atom is -0.316 e. The molecule has 0 aromatic carbocycles. The van der Waals surface area contributed by atoms with Crippen molar-refractivity contribution >= 4 is 0 Å². The summed E-state index contributed by atoms with van der Waals surface area (Å²) in [4.78, 5) is 4.57. The van der Waals surface area contributed by atoms with Crippen molar-refractivity contribution in [2.75, 3.05) is 40.3 Å². The van der Waals surface area contributed by atoms with E-state index in [1.165, 1.54) is 0 Å². The van der Waals surface area contributed by atoms with Crippen LogP contribution in [0.1, 0.15) is 20.3 Å². The van der Waals surface area contributed by atoms with Crippen molar-refractivity contribution in [3.05, 3.63) is 0 Å². The second-order valence-electron chi connectivity index (χ2n) is 5.02. The first kappa shape index (κ1) is 15.4. The van der Waals surface area contributed by atoms with Crippen molar-refractivity contribution in [2.45, 2.75) is 26.3 Å². The third kappa shape index (κ3) is 8.66. The van der Waals surface area contributed by atoms with E-state index in [0.29, 0.717) is 5.92 Å². The summed E-state index contributed by atoms with van der Waals surface area (Å²) in [6.07, 6.45) is 0.761. The first-order valence-electron chi connectivity index (χ1n) is 5.98. The highest BCUT2D eigenvalue weighted by Crippen LogP contribution is 2.01. The Morgan fingerprint density at radius 1 is 1.19 bits per heavy atom. The minimum atomic E-state index is -0.325. The molecule has 0 aromatic heterocycles. The fraction of sp³-hybridized carbons (Fsp3) is 0.917. The van der Waals surface area contributed by atoms with Crippen LogP contribution in [0.4, 0.5) is 0 Å². The molecule has 0 heterocycles. The standard InChI is InChI=1S/C12H26N4/c1-11(2)10-16(8-7-15(3)4)6-5-12(14)9-13/h11-12H,5-8,10,14H2,1-4H3. The molecule has 0 amide bonds. The Labute approximate surface area is 100 Å². The Morgan fingerprint density at radius 3 is 2.25 bits per heavy atom. The molecule has 0 bridgehead atoms. The Morgan fingerprint density at radius 2 is 1.81 bits per heavy atom. The molecular formula is C12H26N4. The molecule has 0 saturated carbocycles. The highest BCUT2D eigenvalue weighted by Gasteiger charge is 2.09. The number of nitrogens with two attached hydrogens (primary N) is 1. The molecule has 2 N–H and O–H groups in total. The number of likely N-dealkylation sites (N-methyl/N-ethyl adjacent to an activating group) is 1. The maximum Gasteiger partial charge on any atom is 0.0940 e. The van der Waals surface area contributed by atoms with Crippen LogP contribution >= 0.6 is 0 Å². The molecule has 0 aliphatic heterocycles. The van der Waals surface area contributed by atoms with Crippen LogP contribution in [0.3, 0.4) is 0 Å². The average Bonchev–Trinajstić information content (AvgIpc) is 2.20. The molecule has 0 rings (SSSR count). The smallest absolute Gasteiger partial charge is 0.0940 e. The predicted octanol–water partition coefficient (Wildman–Crippen LogP) is 0.747. The van der Waals surface area contributed by atoms with Gasteiger partial charge in [-0.05, 0) is 26.4 Å².